The number of allylic oxidation sites excluding steroid dienone is 1. The molecule has 2 heteroatoms. The van der Waals surface area contributed by atoms with Crippen LogP contribution >= 0.6 is 0 Å². The fourth-order valence-electron chi connectivity index (χ4n) is 3.98. The van der Waals surface area contributed by atoms with Crippen LogP contribution in [0.1, 0.15) is 37.4 Å². The predicted molar refractivity (Wildman–Crippen MR) is 71.3 cm³/mol. The molecule has 0 unspecified atom stereocenters. The molecule has 18 heavy (non-hydrogen) atoms. The number of aromatic nitrogens is 1. The monoisotopic (exact) mass is 241 g/mol. The topological polar surface area (TPSA) is 30.0 Å². The van der Waals surface area contributed by atoms with Gasteiger partial charge in [0.2, 0.25) is 0 Å². The Hall–Kier alpha value is -1.44. The third kappa shape index (κ3) is 1.41. The standard InChI is InChI=1S/C16H19NO/c1-3-6-16-12(8-11(2)9-15(16)18)10-14-13(16)5-4-7-17-14/h3-5,7,11-12H,1,6,8-10H2,2H3/t11-,12+,16+/m1/s1. The van der Waals surface area contributed by atoms with Crippen molar-refractivity contribution < 1.29 is 4.79 Å². The van der Waals surface area contributed by atoms with Crippen LogP contribution in [-0.4, -0.2) is 10.8 Å². The molecule has 2 aliphatic rings. The summed E-state index contributed by atoms with van der Waals surface area (Å²) in [5.74, 6) is 1.34. The quantitative estimate of drug-likeness (QED) is 0.745. The van der Waals surface area contributed by atoms with E-state index in [2.05, 4.69) is 24.6 Å². The van der Waals surface area contributed by atoms with Gasteiger partial charge in [0, 0.05) is 18.3 Å². The minimum absolute atomic E-state index is 0.308. The van der Waals surface area contributed by atoms with E-state index in [-0.39, 0.29) is 5.41 Å². The van der Waals surface area contributed by atoms with Crippen LogP contribution in [0, 0.1) is 11.8 Å². The van der Waals surface area contributed by atoms with E-state index in [9.17, 15) is 4.79 Å². The SMILES string of the molecule is C=CC[C@]12C(=O)C[C@H](C)C[C@H]1Cc1ncccc12. The highest BCUT2D eigenvalue weighted by Gasteiger charge is 2.54. The molecule has 3 atom stereocenters. The molecule has 0 aliphatic heterocycles. The van der Waals surface area contributed by atoms with Crippen LogP contribution in [0.15, 0.2) is 31.0 Å². The minimum Gasteiger partial charge on any atom is -0.299 e. The minimum atomic E-state index is -0.308. The second-order valence-electron chi connectivity index (χ2n) is 5.83. The fourth-order valence-corrected chi connectivity index (χ4v) is 3.98. The number of rotatable bonds is 2. The molecule has 1 fully saturated rings. The second-order valence-corrected chi connectivity index (χ2v) is 5.83. The first-order valence-electron chi connectivity index (χ1n) is 6.77. The van der Waals surface area contributed by atoms with Gasteiger partial charge in [-0.25, -0.2) is 0 Å². The zero-order chi connectivity index (χ0) is 12.8. The van der Waals surface area contributed by atoms with Gasteiger partial charge in [-0.15, -0.1) is 6.58 Å². The number of fused-ring (bicyclic) bond motifs is 3. The van der Waals surface area contributed by atoms with E-state index in [1.807, 2.05) is 18.3 Å². The van der Waals surface area contributed by atoms with Crippen molar-refractivity contribution in [1.29, 1.82) is 0 Å². The Balaban J connectivity index is 2.15. The summed E-state index contributed by atoms with van der Waals surface area (Å²) in [6, 6.07) is 4.05. The molecule has 0 radical (unpaired) electrons. The number of pyridine rings is 1. The summed E-state index contributed by atoms with van der Waals surface area (Å²) in [6.45, 7) is 6.05. The maximum atomic E-state index is 12.7. The summed E-state index contributed by atoms with van der Waals surface area (Å²) >= 11 is 0. The predicted octanol–water partition coefficient (Wildman–Crippen LogP) is 3.07. The van der Waals surface area contributed by atoms with Crippen molar-refractivity contribution in [2.75, 3.05) is 0 Å². The van der Waals surface area contributed by atoms with Gasteiger partial charge in [0.25, 0.3) is 0 Å². The Morgan fingerprint density at radius 1 is 1.56 bits per heavy atom. The molecule has 2 nitrogen and oxygen atoms in total. The number of nitrogens with zero attached hydrogens (tertiary/aromatic N) is 1. The molecule has 1 aromatic rings. The van der Waals surface area contributed by atoms with Crippen LogP contribution in [0.3, 0.4) is 0 Å². The van der Waals surface area contributed by atoms with E-state index in [0.29, 0.717) is 24.0 Å². The van der Waals surface area contributed by atoms with Gasteiger partial charge in [-0.05, 0) is 42.7 Å². The lowest BCUT2D eigenvalue weighted by molar-refractivity contribution is -0.130. The van der Waals surface area contributed by atoms with Crippen LogP contribution in [-0.2, 0) is 16.6 Å². The smallest absolute Gasteiger partial charge is 0.144 e. The highest BCUT2D eigenvalue weighted by Crippen LogP contribution is 2.52. The largest absolute Gasteiger partial charge is 0.299 e. The van der Waals surface area contributed by atoms with Crippen LogP contribution in [0.25, 0.3) is 0 Å². The van der Waals surface area contributed by atoms with Gasteiger partial charge in [0.05, 0.1) is 5.41 Å². The van der Waals surface area contributed by atoms with Crippen molar-refractivity contribution in [2.45, 2.75) is 38.0 Å². The van der Waals surface area contributed by atoms with Gasteiger partial charge < -0.3 is 0 Å². The van der Waals surface area contributed by atoms with E-state index in [0.717, 1.165) is 25.0 Å². The Bertz CT molecular complexity index is 508. The molecule has 0 saturated heterocycles. The second kappa shape index (κ2) is 4.04. The van der Waals surface area contributed by atoms with Crippen molar-refractivity contribution >= 4 is 5.78 Å². The molecule has 0 N–H and O–H groups in total. The summed E-state index contributed by atoms with van der Waals surface area (Å²) in [6.07, 6.45) is 7.31. The van der Waals surface area contributed by atoms with Crippen molar-refractivity contribution in [1.82, 2.24) is 4.98 Å². The Labute approximate surface area is 108 Å². The van der Waals surface area contributed by atoms with E-state index in [1.54, 1.807) is 0 Å². The first kappa shape index (κ1) is 11.6. The first-order chi connectivity index (χ1) is 8.68. The van der Waals surface area contributed by atoms with Crippen molar-refractivity contribution in [3.8, 4) is 0 Å². The van der Waals surface area contributed by atoms with Crippen LogP contribution in [0.4, 0.5) is 0 Å². The van der Waals surface area contributed by atoms with Crippen molar-refractivity contribution in [3.05, 3.63) is 42.2 Å². The van der Waals surface area contributed by atoms with Gasteiger partial charge >= 0.3 is 0 Å². The average Bonchev–Trinajstić information content (AvgIpc) is 2.65. The van der Waals surface area contributed by atoms with Gasteiger partial charge in [-0.1, -0.05) is 19.1 Å². The fraction of sp³-hybridized carbons (Fsp3) is 0.500. The average molecular weight is 241 g/mol. The molecule has 2 aliphatic carbocycles. The lowest BCUT2D eigenvalue weighted by atomic mass is 9.61. The van der Waals surface area contributed by atoms with Crippen molar-refractivity contribution in [3.63, 3.8) is 0 Å². The Morgan fingerprint density at radius 2 is 2.39 bits per heavy atom. The first-order valence-corrected chi connectivity index (χ1v) is 6.77. The third-order valence-corrected chi connectivity index (χ3v) is 4.69. The molecule has 94 valence electrons. The van der Waals surface area contributed by atoms with E-state index in [1.165, 1.54) is 5.56 Å². The van der Waals surface area contributed by atoms with Crippen LogP contribution < -0.4 is 0 Å². The van der Waals surface area contributed by atoms with Crippen LogP contribution in [0.2, 0.25) is 0 Å². The highest BCUT2D eigenvalue weighted by molar-refractivity contribution is 5.93. The lowest BCUT2D eigenvalue weighted by Crippen LogP contribution is -2.45. The molecule has 1 saturated carbocycles. The molecule has 0 spiro atoms. The number of Topliss-reactive ketones (excluding diaryl/α,β-unsaturated/α-hetero) is 1. The zero-order valence-electron chi connectivity index (χ0n) is 10.9. The van der Waals surface area contributed by atoms with Crippen LogP contribution in [0.5, 0.6) is 0 Å². The normalized spacial score (nSPS) is 33.9. The maximum Gasteiger partial charge on any atom is 0.144 e. The Kier molecular flexibility index (Phi) is 2.61. The molecular weight excluding hydrogens is 222 g/mol. The molecular formula is C16H19NO. The van der Waals surface area contributed by atoms with E-state index in [4.69, 9.17) is 0 Å². The van der Waals surface area contributed by atoms with Gasteiger partial charge in [0.1, 0.15) is 5.78 Å². The Morgan fingerprint density at radius 3 is 3.17 bits per heavy atom. The van der Waals surface area contributed by atoms with E-state index < -0.39 is 0 Å². The number of hydrogen-bond donors (Lipinski definition) is 0. The number of carbonyl (C=O) groups is 1. The van der Waals surface area contributed by atoms with Gasteiger partial charge in [-0.3, -0.25) is 9.78 Å². The lowest BCUT2D eigenvalue weighted by Gasteiger charge is -2.40. The molecule has 0 amide bonds. The molecule has 0 bridgehead atoms. The summed E-state index contributed by atoms with van der Waals surface area (Å²) in [5, 5.41) is 0. The number of hydrogen-bond acceptors (Lipinski definition) is 2. The molecule has 1 aromatic heterocycles. The molecule has 3 rings (SSSR count). The summed E-state index contributed by atoms with van der Waals surface area (Å²) in [4.78, 5) is 17.2. The highest BCUT2D eigenvalue weighted by atomic mass is 16.1. The summed E-state index contributed by atoms with van der Waals surface area (Å²) in [5.41, 5.74) is 2.00. The summed E-state index contributed by atoms with van der Waals surface area (Å²) < 4.78 is 0. The maximum absolute atomic E-state index is 12.7. The zero-order valence-corrected chi connectivity index (χ0v) is 10.9. The summed E-state index contributed by atoms with van der Waals surface area (Å²) in [7, 11) is 0. The van der Waals surface area contributed by atoms with Gasteiger partial charge in [-0.2, -0.15) is 0 Å². The van der Waals surface area contributed by atoms with E-state index >= 15 is 0 Å². The third-order valence-electron chi connectivity index (χ3n) is 4.69. The molecule has 0 aromatic carbocycles. The number of ketones is 1. The molecule has 1 heterocycles. The van der Waals surface area contributed by atoms with Crippen molar-refractivity contribution in [2.24, 2.45) is 11.8 Å². The van der Waals surface area contributed by atoms with Gasteiger partial charge in [0.15, 0.2) is 0 Å². The number of carbonyl (C=O) groups excluding carboxylic acids is 1.